The molecule has 0 saturated heterocycles. The fraction of sp³-hybridized carbons (Fsp3) is 0.222. The Bertz CT molecular complexity index is 926. The van der Waals surface area contributed by atoms with Gasteiger partial charge in [0.05, 0.1) is 43.8 Å². The van der Waals surface area contributed by atoms with Crippen LogP contribution in [0.5, 0.6) is 17.2 Å². The van der Waals surface area contributed by atoms with E-state index in [2.05, 4.69) is 15.6 Å². The van der Waals surface area contributed by atoms with Crippen molar-refractivity contribution in [3.8, 4) is 17.2 Å². The van der Waals surface area contributed by atoms with Gasteiger partial charge >= 0.3 is 0 Å². The van der Waals surface area contributed by atoms with Crippen LogP contribution >= 0.6 is 11.3 Å². The van der Waals surface area contributed by atoms with Crippen LogP contribution in [-0.2, 0) is 4.79 Å². The first-order valence-electron chi connectivity index (χ1n) is 7.83. The number of hydrogen-bond donors (Lipinski definition) is 2. The molecule has 0 aliphatic carbocycles. The smallest absolute Gasteiger partial charge is 0.245 e. The average molecular weight is 373 g/mol. The van der Waals surface area contributed by atoms with Crippen molar-refractivity contribution in [2.75, 3.05) is 38.5 Å². The van der Waals surface area contributed by atoms with Crippen molar-refractivity contribution in [2.24, 2.45) is 0 Å². The SMILES string of the molecule is COc1ccc(OC)c(NCC(=O)Nc2nc3ccc(OC)cc3s2)c1. The molecule has 1 heterocycles. The summed E-state index contributed by atoms with van der Waals surface area (Å²) in [4.78, 5) is 16.6. The second-order valence-electron chi connectivity index (χ2n) is 5.32. The molecule has 0 radical (unpaired) electrons. The van der Waals surface area contributed by atoms with Crippen molar-refractivity contribution in [1.82, 2.24) is 4.98 Å². The number of carbonyl (C=O) groups excluding carboxylic acids is 1. The highest BCUT2D eigenvalue weighted by Gasteiger charge is 2.10. The van der Waals surface area contributed by atoms with Gasteiger partial charge in [0.2, 0.25) is 5.91 Å². The molecule has 0 fully saturated rings. The number of hydrogen-bond acceptors (Lipinski definition) is 7. The van der Waals surface area contributed by atoms with Gasteiger partial charge in [0.15, 0.2) is 5.13 Å². The maximum Gasteiger partial charge on any atom is 0.245 e. The minimum Gasteiger partial charge on any atom is -0.497 e. The van der Waals surface area contributed by atoms with Gasteiger partial charge in [-0.25, -0.2) is 4.98 Å². The van der Waals surface area contributed by atoms with Crippen LogP contribution in [0.3, 0.4) is 0 Å². The lowest BCUT2D eigenvalue weighted by Crippen LogP contribution is -2.21. The van der Waals surface area contributed by atoms with Crippen molar-refractivity contribution in [3.05, 3.63) is 36.4 Å². The first kappa shape index (κ1) is 17.8. The number of amides is 1. The molecule has 136 valence electrons. The molecular formula is C18H19N3O4S. The van der Waals surface area contributed by atoms with E-state index in [9.17, 15) is 4.79 Å². The van der Waals surface area contributed by atoms with Gasteiger partial charge in [-0.3, -0.25) is 4.79 Å². The number of aromatic nitrogens is 1. The molecular weight excluding hydrogens is 354 g/mol. The third-order valence-corrected chi connectivity index (χ3v) is 4.62. The van der Waals surface area contributed by atoms with E-state index in [1.807, 2.05) is 18.2 Å². The zero-order valence-corrected chi connectivity index (χ0v) is 15.5. The van der Waals surface area contributed by atoms with E-state index in [4.69, 9.17) is 14.2 Å². The number of nitrogens with one attached hydrogen (secondary N) is 2. The predicted octanol–water partition coefficient (Wildman–Crippen LogP) is 3.37. The number of thiazole rings is 1. The molecule has 0 bridgehead atoms. The van der Waals surface area contributed by atoms with E-state index in [1.165, 1.54) is 11.3 Å². The van der Waals surface area contributed by atoms with Crippen LogP contribution in [0.4, 0.5) is 10.8 Å². The summed E-state index contributed by atoms with van der Waals surface area (Å²) in [5, 5.41) is 6.39. The molecule has 7 nitrogen and oxygen atoms in total. The fourth-order valence-corrected chi connectivity index (χ4v) is 3.29. The Balaban J connectivity index is 1.66. The molecule has 2 aromatic carbocycles. The zero-order chi connectivity index (χ0) is 18.5. The maximum atomic E-state index is 12.2. The molecule has 0 atom stereocenters. The fourth-order valence-electron chi connectivity index (χ4n) is 2.38. The Labute approximate surface area is 154 Å². The molecule has 0 unspecified atom stereocenters. The number of benzene rings is 2. The Hall–Kier alpha value is -3.00. The average Bonchev–Trinajstić information content (AvgIpc) is 3.07. The van der Waals surface area contributed by atoms with Crippen LogP contribution in [0, 0.1) is 0 Å². The van der Waals surface area contributed by atoms with E-state index in [0.29, 0.717) is 22.3 Å². The van der Waals surface area contributed by atoms with Crippen LogP contribution in [0.15, 0.2) is 36.4 Å². The number of rotatable bonds is 7. The molecule has 0 spiro atoms. The Morgan fingerprint density at radius 1 is 1.04 bits per heavy atom. The lowest BCUT2D eigenvalue weighted by molar-refractivity contribution is -0.114. The Kier molecular flexibility index (Phi) is 5.43. The number of carbonyl (C=O) groups is 1. The van der Waals surface area contributed by atoms with Crippen molar-refractivity contribution < 1.29 is 19.0 Å². The van der Waals surface area contributed by atoms with Gasteiger partial charge in [-0.2, -0.15) is 0 Å². The summed E-state index contributed by atoms with van der Waals surface area (Å²) in [6, 6.07) is 10.9. The minimum absolute atomic E-state index is 0.0722. The van der Waals surface area contributed by atoms with Crippen molar-refractivity contribution in [2.45, 2.75) is 0 Å². The quantitative estimate of drug-likeness (QED) is 0.661. The summed E-state index contributed by atoms with van der Waals surface area (Å²) in [7, 11) is 4.77. The summed E-state index contributed by atoms with van der Waals surface area (Å²) in [5.74, 6) is 1.85. The van der Waals surface area contributed by atoms with Crippen LogP contribution in [-0.4, -0.2) is 38.8 Å². The molecule has 8 heteroatoms. The van der Waals surface area contributed by atoms with Crippen molar-refractivity contribution in [1.29, 1.82) is 0 Å². The lowest BCUT2D eigenvalue weighted by atomic mass is 10.2. The van der Waals surface area contributed by atoms with Gasteiger partial charge in [-0.15, -0.1) is 0 Å². The number of nitrogens with zero attached hydrogens (tertiary/aromatic N) is 1. The molecule has 0 aliphatic heterocycles. The van der Waals surface area contributed by atoms with Crippen LogP contribution in [0.25, 0.3) is 10.2 Å². The van der Waals surface area contributed by atoms with Gasteiger partial charge in [-0.1, -0.05) is 11.3 Å². The summed E-state index contributed by atoms with van der Waals surface area (Å²) >= 11 is 1.40. The topological polar surface area (TPSA) is 81.7 Å². The summed E-state index contributed by atoms with van der Waals surface area (Å²) in [6.45, 7) is 0.0722. The largest absolute Gasteiger partial charge is 0.497 e. The Morgan fingerprint density at radius 2 is 1.77 bits per heavy atom. The summed E-state index contributed by atoms with van der Waals surface area (Å²) in [5.41, 5.74) is 1.49. The molecule has 3 aromatic rings. The van der Waals surface area contributed by atoms with Gasteiger partial charge in [-0.05, 0) is 30.3 Å². The van der Waals surface area contributed by atoms with Gasteiger partial charge in [0, 0.05) is 6.07 Å². The third-order valence-electron chi connectivity index (χ3n) is 3.69. The highest BCUT2D eigenvalue weighted by molar-refractivity contribution is 7.22. The second-order valence-corrected chi connectivity index (χ2v) is 6.35. The molecule has 1 aromatic heterocycles. The van der Waals surface area contributed by atoms with Crippen molar-refractivity contribution in [3.63, 3.8) is 0 Å². The van der Waals surface area contributed by atoms with Gasteiger partial charge in [0.1, 0.15) is 17.2 Å². The van der Waals surface area contributed by atoms with Gasteiger partial charge < -0.3 is 24.8 Å². The highest BCUT2D eigenvalue weighted by atomic mass is 32.1. The molecule has 26 heavy (non-hydrogen) atoms. The van der Waals surface area contributed by atoms with Crippen LogP contribution in [0.2, 0.25) is 0 Å². The molecule has 3 rings (SSSR count). The minimum atomic E-state index is -0.208. The standard InChI is InChI=1S/C18H19N3O4S/c1-23-11-5-7-15(25-3)14(8-11)19-10-17(22)21-18-20-13-6-4-12(24-2)9-16(13)26-18/h4-9,19H,10H2,1-3H3,(H,20,21,22). The van der Waals surface area contributed by atoms with E-state index in [-0.39, 0.29) is 12.5 Å². The van der Waals surface area contributed by atoms with Crippen LogP contribution < -0.4 is 24.8 Å². The maximum absolute atomic E-state index is 12.2. The summed E-state index contributed by atoms with van der Waals surface area (Å²) in [6.07, 6.45) is 0. The molecule has 0 aliphatic rings. The highest BCUT2D eigenvalue weighted by Crippen LogP contribution is 2.30. The number of ether oxygens (including phenoxy) is 3. The monoisotopic (exact) mass is 373 g/mol. The first-order valence-corrected chi connectivity index (χ1v) is 8.65. The zero-order valence-electron chi connectivity index (χ0n) is 14.7. The van der Waals surface area contributed by atoms with Crippen molar-refractivity contribution >= 4 is 38.3 Å². The molecule has 1 amide bonds. The number of fused-ring (bicyclic) bond motifs is 1. The van der Waals surface area contributed by atoms with E-state index >= 15 is 0 Å². The van der Waals surface area contributed by atoms with E-state index in [0.717, 1.165) is 16.0 Å². The van der Waals surface area contributed by atoms with Crippen LogP contribution in [0.1, 0.15) is 0 Å². The third kappa shape index (κ3) is 3.97. The van der Waals surface area contributed by atoms with E-state index in [1.54, 1.807) is 39.5 Å². The molecule has 0 saturated carbocycles. The first-order chi connectivity index (χ1) is 12.6. The normalized spacial score (nSPS) is 10.4. The van der Waals surface area contributed by atoms with Gasteiger partial charge in [0.25, 0.3) is 0 Å². The van der Waals surface area contributed by atoms with E-state index < -0.39 is 0 Å². The second kappa shape index (κ2) is 7.92. The number of methoxy groups -OCH3 is 3. The molecule has 2 N–H and O–H groups in total. The lowest BCUT2D eigenvalue weighted by Gasteiger charge is -2.12. The summed E-state index contributed by atoms with van der Waals surface area (Å²) < 4.78 is 16.6. The predicted molar refractivity (Wildman–Crippen MR) is 103 cm³/mol. The number of anilines is 2. The Morgan fingerprint density at radius 3 is 2.50 bits per heavy atom.